The van der Waals surface area contributed by atoms with Crippen molar-refractivity contribution in [1.82, 2.24) is 5.06 Å². The van der Waals surface area contributed by atoms with Crippen LogP contribution in [0.3, 0.4) is 0 Å². The Labute approximate surface area is 42.5 Å². The summed E-state index contributed by atoms with van der Waals surface area (Å²) in [6.45, 7) is 2.37. The number of nitrogens with zero attached hydrogens (tertiary/aromatic N) is 1. The lowest BCUT2D eigenvalue weighted by molar-refractivity contribution is -0.123. The molecule has 3 heteroatoms. The first kappa shape index (κ1) is 6.59. The molecule has 0 spiro atoms. The van der Waals surface area contributed by atoms with Crippen LogP contribution >= 0.6 is 0 Å². The molecule has 0 atom stereocenters. The summed E-state index contributed by atoms with van der Waals surface area (Å²) < 4.78 is 0. The second kappa shape index (κ2) is 3.77. The van der Waals surface area contributed by atoms with E-state index in [4.69, 9.17) is 5.21 Å². The minimum absolute atomic E-state index is 0.108. The molecule has 7 heavy (non-hydrogen) atoms. The molecule has 0 aromatic heterocycles. The molecule has 0 aliphatic rings. The predicted molar refractivity (Wildman–Crippen MR) is 25.1 cm³/mol. The van der Waals surface area contributed by atoms with E-state index in [9.17, 15) is 4.79 Å². The van der Waals surface area contributed by atoms with Crippen LogP contribution in [0.25, 0.3) is 0 Å². The highest BCUT2D eigenvalue weighted by molar-refractivity contribution is 5.51. The molecule has 0 saturated carbocycles. The first-order chi connectivity index (χ1) is 3.31. The summed E-state index contributed by atoms with van der Waals surface area (Å²) in [5.41, 5.74) is 0. The second-order valence-corrected chi connectivity index (χ2v) is 1.17. The summed E-state index contributed by atoms with van der Waals surface area (Å²) in [6.07, 6.45) is 0.656. The lowest BCUT2D eigenvalue weighted by Crippen LogP contribution is -2.20. The molecule has 0 aromatic carbocycles. The highest BCUT2D eigenvalue weighted by atomic mass is 16.5. The van der Waals surface area contributed by atoms with Crippen LogP contribution < -0.4 is 0 Å². The number of hydrogen-bond acceptors (Lipinski definition) is 3. The summed E-state index contributed by atoms with van der Waals surface area (Å²) in [5.74, 6) is 0. The number of rotatable bonds is 3. The second-order valence-electron chi connectivity index (χ2n) is 1.17. The fourth-order valence-electron chi connectivity index (χ4n) is 0.215. The van der Waals surface area contributed by atoms with Crippen LogP contribution in [-0.2, 0) is 4.79 Å². The van der Waals surface area contributed by atoms with Gasteiger partial charge in [-0.05, 0) is 0 Å². The van der Waals surface area contributed by atoms with Crippen molar-refractivity contribution in [2.45, 2.75) is 6.92 Å². The van der Waals surface area contributed by atoms with Gasteiger partial charge in [0.05, 0.1) is 6.54 Å². The fraction of sp³-hybridized carbons (Fsp3) is 0.750. The van der Waals surface area contributed by atoms with Gasteiger partial charge < -0.3 is 10.0 Å². The van der Waals surface area contributed by atoms with Crippen LogP contribution in [0.4, 0.5) is 0 Å². The molecule has 0 unspecified atom stereocenters. The minimum atomic E-state index is 0.108. The zero-order chi connectivity index (χ0) is 5.70. The summed E-state index contributed by atoms with van der Waals surface area (Å²) >= 11 is 0. The third-order valence-corrected chi connectivity index (χ3v) is 0.650. The molecule has 0 rings (SSSR count). The maximum Gasteiger partial charge on any atom is 0.136 e. The third-order valence-electron chi connectivity index (χ3n) is 0.650. The van der Waals surface area contributed by atoms with E-state index < -0.39 is 0 Å². The van der Waals surface area contributed by atoms with Gasteiger partial charge in [0.1, 0.15) is 6.29 Å². The van der Waals surface area contributed by atoms with Gasteiger partial charge in [0.2, 0.25) is 0 Å². The summed E-state index contributed by atoms with van der Waals surface area (Å²) in [4.78, 5) is 9.57. The van der Waals surface area contributed by atoms with E-state index in [2.05, 4.69) is 0 Å². The summed E-state index contributed by atoms with van der Waals surface area (Å²) in [5, 5.41) is 9.40. The van der Waals surface area contributed by atoms with Crippen molar-refractivity contribution in [3.05, 3.63) is 0 Å². The molecule has 0 bridgehead atoms. The van der Waals surface area contributed by atoms with Crippen molar-refractivity contribution >= 4 is 6.29 Å². The molecular weight excluding hydrogens is 94.0 g/mol. The Morgan fingerprint density at radius 2 is 2.43 bits per heavy atom. The topological polar surface area (TPSA) is 40.5 Å². The van der Waals surface area contributed by atoms with Gasteiger partial charge in [0.15, 0.2) is 0 Å². The van der Waals surface area contributed by atoms with E-state index in [1.807, 2.05) is 0 Å². The number of likely N-dealkylation sites (N-methyl/N-ethyl adjacent to an activating group) is 1. The first-order valence-electron chi connectivity index (χ1n) is 2.18. The third kappa shape index (κ3) is 3.42. The van der Waals surface area contributed by atoms with Gasteiger partial charge in [0.25, 0.3) is 0 Å². The molecule has 0 amide bonds. The Balaban J connectivity index is 2.98. The van der Waals surface area contributed by atoms with E-state index in [0.29, 0.717) is 12.8 Å². The molecule has 0 saturated heterocycles. The van der Waals surface area contributed by atoms with Crippen LogP contribution in [0, 0.1) is 0 Å². The molecule has 0 aliphatic heterocycles. The van der Waals surface area contributed by atoms with E-state index in [-0.39, 0.29) is 6.54 Å². The normalized spacial score (nSPS) is 9.57. The number of carbonyl (C=O) groups excluding carboxylic acids is 1. The molecule has 0 aliphatic carbocycles. The van der Waals surface area contributed by atoms with Gasteiger partial charge >= 0.3 is 0 Å². The molecule has 0 aromatic rings. The zero-order valence-corrected chi connectivity index (χ0v) is 4.29. The van der Waals surface area contributed by atoms with Crippen LogP contribution in [0.2, 0.25) is 0 Å². The Kier molecular flexibility index (Phi) is 3.55. The minimum Gasteiger partial charge on any atom is -0.314 e. The number of carbonyl (C=O) groups is 1. The van der Waals surface area contributed by atoms with Crippen LogP contribution in [0.1, 0.15) is 6.92 Å². The lowest BCUT2D eigenvalue weighted by atomic mass is 10.6. The van der Waals surface area contributed by atoms with Gasteiger partial charge in [-0.3, -0.25) is 0 Å². The monoisotopic (exact) mass is 103 g/mol. The SMILES string of the molecule is CCN(O)CC=O. The summed E-state index contributed by atoms with van der Waals surface area (Å²) in [6, 6.07) is 0. The van der Waals surface area contributed by atoms with Gasteiger partial charge in [-0.15, -0.1) is 0 Å². The number of hydroxylamine groups is 2. The number of aldehydes is 1. The Bertz CT molecular complexity index is 55.7. The summed E-state index contributed by atoms with van der Waals surface area (Å²) in [7, 11) is 0. The van der Waals surface area contributed by atoms with E-state index in [1.54, 1.807) is 6.92 Å². The first-order valence-corrected chi connectivity index (χ1v) is 2.18. The van der Waals surface area contributed by atoms with E-state index in [1.165, 1.54) is 0 Å². The van der Waals surface area contributed by atoms with Crippen molar-refractivity contribution in [2.75, 3.05) is 13.1 Å². The molecule has 0 radical (unpaired) electrons. The lowest BCUT2D eigenvalue weighted by Gasteiger charge is -2.04. The van der Waals surface area contributed by atoms with Crippen molar-refractivity contribution < 1.29 is 10.0 Å². The quantitative estimate of drug-likeness (QED) is 0.400. The van der Waals surface area contributed by atoms with E-state index >= 15 is 0 Å². The number of hydrogen-bond donors (Lipinski definition) is 1. The van der Waals surface area contributed by atoms with Crippen LogP contribution in [0.5, 0.6) is 0 Å². The molecular formula is C4H9NO2. The predicted octanol–water partition coefficient (Wildman–Crippen LogP) is -0.104. The molecule has 3 nitrogen and oxygen atoms in total. The van der Waals surface area contributed by atoms with Gasteiger partial charge in [-0.2, -0.15) is 5.06 Å². The maximum atomic E-state index is 9.57. The largest absolute Gasteiger partial charge is 0.314 e. The Hall–Kier alpha value is -0.410. The highest BCUT2D eigenvalue weighted by Crippen LogP contribution is 1.72. The van der Waals surface area contributed by atoms with Crippen molar-refractivity contribution in [3.8, 4) is 0 Å². The molecule has 0 heterocycles. The van der Waals surface area contributed by atoms with Crippen LogP contribution in [-0.4, -0.2) is 29.6 Å². The average Bonchev–Trinajstić information content (AvgIpc) is 1.68. The van der Waals surface area contributed by atoms with Gasteiger partial charge in [-0.25, -0.2) is 0 Å². The van der Waals surface area contributed by atoms with Gasteiger partial charge in [-0.1, -0.05) is 6.92 Å². The van der Waals surface area contributed by atoms with Crippen molar-refractivity contribution in [3.63, 3.8) is 0 Å². The van der Waals surface area contributed by atoms with Crippen LogP contribution in [0.15, 0.2) is 0 Å². The highest BCUT2D eigenvalue weighted by Gasteiger charge is 1.89. The van der Waals surface area contributed by atoms with Crippen molar-refractivity contribution in [2.24, 2.45) is 0 Å². The fourth-order valence-corrected chi connectivity index (χ4v) is 0.215. The van der Waals surface area contributed by atoms with E-state index in [0.717, 1.165) is 5.06 Å². The smallest absolute Gasteiger partial charge is 0.136 e. The maximum absolute atomic E-state index is 9.57. The Morgan fingerprint density at radius 1 is 1.86 bits per heavy atom. The molecule has 0 fully saturated rings. The zero-order valence-electron chi connectivity index (χ0n) is 4.29. The Morgan fingerprint density at radius 3 is 2.57 bits per heavy atom. The molecule has 42 valence electrons. The average molecular weight is 103 g/mol. The van der Waals surface area contributed by atoms with Gasteiger partial charge in [0, 0.05) is 6.54 Å². The molecule has 1 N–H and O–H groups in total. The van der Waals surface area contributed by atoms with Crippen molar-refractivity contribution in [1.29, 1.82) is 0 Å². The standard InChI is InChI=1S/C4H9NO2/c1-2-5(7)3-4-6/h4,7H,2-3H2,1H3.